The number of aryl methyl sites for hydroxylation is 2. The lowest BCUT2D eigenvalue weighted by molar-refractivity contribution is -0.119. The minimum absolute atomic E-state index is 0.0685. The van der Waals surface area contributed by atoms with Gasteiger partial charge in [-0.3, -0.25) is 4.68 Å². The van der Waals surface area contributed by atoms with Gasteiger partial charge in [-0.05, 0) is 26.2 Å². The van der Waals surface area contributed by atoms with Crippen LogP contribution in [0.1, 0.15) is 37.9 Å². The average Bonchev–Trinajstić information content (AvgIpc) is 2.62. The van der Waals surface area contributed by atoms with E-state index >= 15 is 0 Å². The highest BCUT2D eigenvalue weighted by atomic mass is 19.4. The van der Waals surface area contributed by atoms with Crippen molar-refractivity contribution in [3.63, 3.8) is 0 Å². The van der Waals surface area contributed by atoms with E-state index in [9.17, 15) is 13.2 Å². The summed E-state index contributed by atoms with van der Waals surface area (Å²) in [6.07, 6.45) is -2.28. The number of nitrogens with two attached hydrogens (primary N) is 1. The van der Waals surface area contributed by atoms with E-state index in [1.807, 2.05) is 20.8 Å². The van der Waals surface area contributed by atoms with Gasteiger partial charge in [-0.15, -0.1) is 0 Å². The van der Waals surface area contributed by atoms with Crippen LogP contribution < -0.4 is 10.6 Å². The molecule has 7 heteroatoms. The first-order chi connectivity index (χ1) is 9.69. The van der Waals surface area contributed by atoms with E-state index in [4.69, 9.17) is 5.73 Å². The number of aromatic nitrogens is 2. The summed E-state index contributed by atoms with van der Waals surface area (Å²) in [6, 6.07) is -0.0685. The van der Waals surface area contributed by atoms with Gasteiger partial charge in [-0.1, -0.05) is 13.8 Å². The van der Waals surface area contributed by atoms with Crippen LogP contribution in [-0.4, -0.2) is 35.1 Å². The molecule has 2 N–H and O–H groups in total. The monoisotopic (exact) mass is 306 g/mol. The number of anilines is 1. The van der Waals surface area contributed by atoms with Crippen molar-refractivity contribution < 1.29 is 13.2 Å². The van der Waals surface area contributed by atoms with Gasteiger partial charge in [0.15, 0.2) is 0 Å². The van der Waals surface area contributed by atoms with E-state index in [2.05, 4.69) is 5.10 Å². The molecule has 1 heterocycles. The summed E-state index contributed by atoms with van der Waals surface area (Å²) < 4.78 is 40.0. The fourth-order valence-electron chi connectivity index (χ4n) is 2.48. The molecule has 0 amide bonds. The lowest BCUT2D eigenvalue weighted by Gasteiger charge is -2.27. The van der Waals surface area contributed by atoms with Crippen LogP contribution in [0.15, 0.2) is 0 Å². The Bertz CT molecular complexity index is 454. The molecule has 21 heavy (non-hydrogen) atoms. The maximum absolute atomic E-state index is 12.8. The third kappa shape index (κ3) is 4.91. The highest BCUT2D eigenvalue weighted by Crippen LogP contribution is 2.28. The molecule has 1 rings (SSSR count). The van der Waals surface area contributed by atoms with E-state index in [1.54, 1.807) is 7.05 Å². The molecule has 0 saturated heterocycles. The molecule has 1 aromatic rings. The highest BCUT2D eigenvalue weighted by Gasteiger charge is 2.33. The second-order valence-electron chi connectivity index (χ2n) is 5.42. The van der Waals surface area contributed by atoms with Crippen LogP contribution in [0.25, 0.3) is 0 Å². The Hall–Kier alpha value is -1.24. The first kappa shape index (κ1) is 17.8. The Morgan fingerprint density at radius 1 is 1.33 bits per heavy atom. The largest absolute Gasteiger partial charge is 0.405 e. The maximum Gasteiger partial charge on any atom is 0.405 e. The molecule has 0 aromatic carbocycles. The van der Waals surface area contributed by atoms with Crippen molar-refractivity contribution in [3.05, 3.63) is 11.3 Å². The molecule has 0 aliphatic carbocycles. The molecule has 0 saturated carbocycles. The smallest absolute Gasteiger partial charge is 0.348 e. The topological polar surface area (TPSA) is 47.1 Å². The zero-order chi connectivity index (χ0) is 16.2. The fourth-order valence-corrected chi connectivity index (χ4v) is 2.48. The Kier molecular flexibility index (Phi) is 6.07. The van der Waals surface area contributed by atoms with Gasteiger partial charge in [0.1, 0.15) is 12.4 Å². The van der Waals surface area contributed by atoms with Crippen molar-refractivity contribution in [2.75, 3.05) is 18.0 Å². The number of rotatable bonds is 7. The lowest BCUT2D eigenvalue weighted by atomic mass is 10.0. The molecular formula is C14H25F3N4. The SMILES string of the molecule is CCCN(CC(F)(F)F)c1c(CC(N)CC)c(C)nn1C. The van der Waals surface area contributed by atoms with E-state index < -0.39 is 12.7 Å². The van der Waals surface area contributed by atoms with E-state index in [-0.39, 0.29) is 6.04 Å². The number of halogens is 3. The minimum Gasteiger partial charge on any atom is -0.348 e. The zero-order valence-corrected chi connectivity index (χ0v) is 13.2. The summed E-state index contributed by atoms with van der Waals surface area (Å²) in [4.78, 5) is 1.36. The van der Waals surface area contributed by atoms with Gasteiger partial charge in [-0.25, -0.2) is 0 Å². The predicted molar refractivity (Wildman–Crippen MR) is 78.5 cm³/mol. The molecule has 122 valence electrons. The van der Waals surface area contributed by atoms with E-state index in [1.165, 1.54) is 9.58 Å². The van der Waals surface area contributed by atoms with Gasteiger partial charge in [0.2, 0.25) is 0 Å². The summed E-state index contributed by atoms with van der Waals surface area (Å²) >= 11 is 0. The molecule has 0 fully saturated rings. The highest BCUT2D eigenvalue weighted by molar-refractivity contribution is 5.51. The Balaban J connectivity index is 3.17. The second kappa shape index (κ2) is 7.15. The number of hydrogen-bond acceptors (Lipinski definition) is 3. The lowest BCUT2D eigenvalue weighted by Crippen LogP contribution is -2.37. The van der Waals surface area contributed by atoms with Crippen LogP contribution in [0.2, 0.25) is 0 Å². The van der Waals surface area contributed by atoms with E-state index in [0.29, 0.717) is 25.2 Å². The third-order valence-electron chi connectivity index (χ3n) is 3.47. The van der Waals surface area contributed by atoms with Gasteiger partial charge in [0.25, 0.3) is 0 Å². The first-order valence-electron chi connectivity index (χ1n) is 7.29. The van der Waals surface area contributed by atoms with Gasteiger partial charge in [-0.2, -0.15) is 18.3 Å². The molecular weight excluding hydrogens is 281 g/mol. The molecule has 0 aliphatic rings. The van der Waals surface area contributed by atoms with Crippen LogP contribution >= 0.6 is 0 Å². The molecule has 1 atom stereocenters. The average molecular weight is 306 g/mol. The van der Waals surface area contributed by atoms with Gasteiger partial charge < -0.3 is 10.6 Å². The summed E-state index contributed by atoms with van der Waals surface area (Å²) in [5, 5.41) is 4.28. The quantitative estimate of drug-likeness (QED) is 0.842. The Morgan fingerprint density at radius 2 is 1.95 bits per heavy atom. The fraction of sp³-hybridized carbons (Fsp3) is 0.786. The zero-order valence-electron chi connectivity index (χ0n) is 13.2. The van der Waals surface area contributed by atoms with Gasteiger partial charge >= 0.3 is 6.18 Å². The molecule has 0 bridgehead atoms. The van der Waals surface area contributed by atoms with Crippen molar-refractivity contribution in [2.24, 2.45) is 12.8 Å². The number of nitrogens with zero attached hydrogens (tertiary/aromatic N) is 3. The van der Waals surface area contributed by atoms with Crippen LogP contribution in [0.5, 0.6) is 0 Å². The second-order valence-corrected chi connectivity index (χ2v) is 5.42. The summed E-state index contributed by atoms with van der Waals surface area (Å²) in [6.45, 7) is 5.03. The van der Waals surface area contributed by atoms with Crippen LogP contribution in [-0.2, 0) is 13.5 Å². The normalized spacial score (nSPS) is 13.5. The van der Waals surface area contributed by atoms with Crippen molar-refractivity contribution in [3.8, 4) is 0 Å². The molecule has 1 aromatic heterocycles. The van der Waals surface area contributed by atoms with Crippen LogP contribution in [0, 0.1) is 6.92 Å². The van der Waals surface area contributed by atoms with Crippen molar-refractivity contribution >= 4 is 5.82 Å². The van der Waals surface area contributed by atoms with Crippen molar-refractivity contribution in [2.45, 2.75) is 52.3 Å². The van der Waals surface area contributed by atoms with Gasteiger partial charge in [0.05, 0.1) is 5.69 Å². The molecule has 1 unspecified atom stereocenters. The molecule has 0 aliphatic heterocycles. The first-order valence-corrected chi connectivity index (χ1v) is 7.29. The maximum atomic E-state index is 12.8. The van der Waals surface area contributed by atoms with Crippen LogP contribution in [0.4, 0.5) is 19.0 Å². The number of alkyl halides is 3. The summed E-state index contributed by atoms with van der Waals surface area (Å²) in [7, 11) is 1.68. The van der Waals surface area contributed by atoms with Crippen LogP contribution in [0.3, 0.4) is 0 Å². The molecule has 0 radical (unpaired) electrons. The summed E-state index contributed by atoms with van der Waals surface area (Å²) in [5.74, 6) is 0.538. The Morgan fingerprint density at radius 3 is 2.43 bits per heavy atom. The number of hydrogen-bond donors (Lipinski definition) is 1. The predicted octanol–water partition coefficient (Wildman–Crippen LogP) is 2.79. The third-order valence-corrected chi connectivity index (χ3v) is 3.47. The molecule has 4 nitrogen and oxygen atoms in total. The standard InChI is InChI=1S/C14H25F3N4/c1-5-7-21(9-14(15,16)17)13-12(8-11(18)6-2)10(3)19-20(13)4/h11H,5-9,18H2,1-4H3. The van der Waals surface area contributed by atoms with Crippen molar-refractivity contribution in [1.29, 1.82) is 0 Å². The Labute approximate surface area is 124 Å². The van der Waals surface area contributed by atoms with E-state index in [0.717, 1.165) is 17.7 Å². The van der Waals surface area contributed by atoms with Gasteiger partial charge in [0, 0.05) is 25.2 Å². The van der Waals surface area contributed by atoms with Crippen molar-refractivity contribution in [1.82, 2.24) is 9.78 Å². The summed E-state index contributed by atoms with van der Waals surface area (Å²) in [5.41, 5.74) is 7.55. The molecule has 0 spiro atoms. The minimum atomic E-state index is -4.24.